The van der Waals surface area contributed by atoms with Crippen molar-refractivity contribution in [3.63, 3.8) is 0 Å². The van der Waals surface area contributed by atoms with Crippen LogP contribution in [-0.4, -0.2) is 37.9 Å². The van der Waals surface area contributed by atoms with Gasteiger partial charge in [-0.15, -0.1) is 0 Å². The van der Waals surface area contributed by atoms with E-state index in [9.17, 15) is 14.4 Å². The van der Waals surface area contributed by atoms with Gasteiger partial charge >= 0.3 is 5.97 Å². The Bertz CT molecular complexity index is 1170. The Balaban J connectivity index is 1.32. The SMILES string of the molecule is COc1ccc(Oc2ccc(N3C[C@@H](C(=O)OCC(=O)c4ccc(C)cc4)CC3=O)cc2)cc1. The van der Waals surface area contributed by atoms with Gasteiger partial charge in [0.2, 0.25) is 5.91 Å². The molecular formula is C27H25NO6. The monoisotopic (exact) mass is 459 g/mol. The van der Waals surface area contributed by atoms with Crippen molar-refractivity contribution < 1.29 is 28.6 Å². The highest BCUT2D eigenvalue weighted by atomic mass is 16.5. The van der Waals surface area contributed by atoms with Gasteiger partial charge < -0.3 is 19.1 Å². The average Bonchev–Trinajstić information content (AvgIpc) is 3.25. The van der Waals surface area contributed by atoms with Gasteiger partial charge in [0.05, 0.1) is 13.0 Å². The first-order valence-electron chi connectivity index (χ1n) is 10.9. The molecule has 0 spiro atoms. The number of hydrogen-bond acceptors (Lipinski definition) is 6. The maximum absolute atomic E-state index is 12.5. The number of nitrogens with zero attached hydrogens (tertiary/aromatic N) is 1. The van der Waals surface area contributed by atoms with E-state index in [0.717, 1.165) is 11.3 Å². The molecule has 1 aliphatic heterocycles. The normalized spacial score (nSPS) is 15.2. The van der Waals surface area contributed by atoms with Gasteiger partial charge in [0.25, 0.3) is 0 Å². The molecule has 174 valence electrons. The number of aryl methyl sites for hydroxylation is 1. The van der Waals surface area contributed by atoms with Gasteiger partial charge in [0.1, 0.15) is 17.2 Å². The summed E-state index contributed by atoms with van der Waals surface area (Å²) in [7, 11) is 1.60. The van der Waals surface area contributed by atoms with Gasteiger partial charge in [0, 0.05) is 24.2 Å². The third-order valence-corrected chi connectivity index (χ3v) is 5.62. The van der Waals surface area contributed by atoms with Crippen LogP contribution in [-0.2, 0) is 14.3 Å². The van der Waals surface area contributed by atoms with Gasteiger partial charge in [-0.1, -0.05) is 29.8 Å². The highest BCUT2D eigenvalue weighted by Crippen LogP contribution is 2.29. The zero-order valence-corrected chi connectivity index (χ0v) is 19.0. The molecular weight excluding hydrogens is 434 g/mol. The van der Waals surface area contributed by atoms with Crippen LogP contribution in [0.1, 0.15) is 22.3 Å². The number of carbonyl (C=O) groups excluding carboxylic acids is 3. The molecule has 0 radical (unpaired) electrons. The summed E-state index contributed by atoms with van der Waals surface area (Å²) in [5, 5.41) is 0. The molecule has 7 nitrogen and oxygen atoms in total. The second-order valence-corrected chi connectivity index (χ2v) is 8.07. The molecule has 0 aromatic heterocycles. The number of Topliss-reactive ketones (excluding diaryl/α,β-unsaturated/α-hetero) is 1. The highest BCUT2D eigenvalue weighted by molar-refractivity contribution is 6.01. The molecule has 0 aliphatic carbocycles. The Hall–Kier alpha value is -4.13. The van der Waals surface area contributed by atoms with Crippen molar-refractivity contribution in [2.45, 2.75) is 13.3 Å². The number of hydrogen-bond donors (Lipinski definition) is 0. The maximum atomic E-state index is 12.5. The van der Waals surface area contributed by atoms with E-state index in [4.69, 9.17) is 14.2 Å². The quantitative estimate of drug-likeness (QED) is 0.362. The van der Waals surface area contributed by atoms with E-state index in [-0.39, 0.29) is 31.3 Å². The van der Waals surface area contributed by atoms with E-state index in [1.54, 1.807) is 72.7 Å². The van der Waals surface area contributed by atoms with Crippen LogP contribution in [0.5, 0.6) is 17.2 Å². The largest absolute Gasteiger partial charge is 0.497 e. The first-order chi connectivity index (χ1) is 16.4. The summed E-state index contributed by atoms with van der Waals surface area (Å²) < 4.78 is 16.2. The average molecular weight is 459 g/mol. The molecule has 7 heteroatoms. The number of carbonyl (C=O) groups is 3. The summed E-state index contributed by atoms with van der Waals surface area (Å²) in [6, 6.07) is 21.3. The van der Waals surface area contributed by atoms with Gasteiger partial charge in [-0.05, 0) is 55.5 Å². The van der Waals surface area contributed by atoms with E-state index >= 15 is 0 Å². The Morgan fingerprint density at radius 1 is 0.882 bits per heavy atom. The molecule has 0 unspecified atom stereocenters. The summed E-state index contributed by atoms with van der Waals surface area (Å²) in [4.78, 5) is 38.8. The predicted octanol–water partition coefficient (Wildman–Crippen LogP) is 4.57. The van der Waals surface area contributed by atoms with Crippen molar-refractivity contribution in [3.05, 3.63) is 83.9 Å². The first-order valence-corrected chi connectivity index (χ1v) is 10.9. The van der Waals surface area contributed by atoms with Crippen LogP contribution in [0.15, 0.2) is 72.8 Å². The third-order valence-electron chi connectivity index (χ3n) is 5.62. The van der Waals surface area contributed by atoms with E-state index < -0.39 is 11.9 Å². The molecule has 4 rings (SSSR count). The standard InChI is InChI=1S/C27H25NO6/c1-18-3-5-19(6-4-18)25(29)17-33-27(31)20-15-26(30)28(16-20)21-7-9-23(10-8-21)34-24-13-11-22(32-2)12-14-24/h3-14,20H,15-17H2,1-2H3/t20-/m0/s1. The summed E-state index contributed by atoms with van der Waals surface area (Å²) in [6.45, 7) is 1.79. The Morgan fingerprint density at radius 3 is 2.09 bits per heavy atom. The zero-order chi connectivity index (χ0) is 24.1. The summed E-state index contributed by atoms with van der Waals surface area (Å²) >= 11 is 0. The number of anilines is 1. The molecule has 0 N–H and O–H groups in total. The summed E-state index contributed by atoms with van der Waals surface area (Å²) in [5.41, 5.74) is 2.19. The number of ketones is 1. The minimum absolute atomic E-state index is 0.0433. The van der Waals surface area contributed by atoms with E-state index in [0.29, 0.717) is 22.7 Å². The van der Waals surface area contributed by atoms with Crippen LogP contribution in [0.25, 0.3) is 0 Å². The number of methoxy groups -OCH3 is 1. The zero-order valence-electron chi connectivity index (χ0n) is 19.0. The highest BCUT2D eigenvalue weighted by Gasteiger charge is 2.36. The Morgan fingerprint density at radius 2 is 1.47 bits per heavy atom. The Kier molecular flexibility index (Phi) is 6.92. The van der Waals surface area contributed by atoms with Crippen molar-refractivity contribution in [2.24, 2.45) is 5.92 Å². The van der Waals surface area contributed by atoms with Crippen molar-refractivity contribution in [1.82, 2.24) is 0 Å². The molecule has 0 saturated carbocycles. The molecule has 0 bridgehead atoms. The molecule has 3 aromatic rings. The van der Waals surface area contributed by atoms with Crippen molar-refractivity contribution in [2.75, 3.05) is 25.2 Å². The minimum atomic E-state index is -0.617. The molecule has 1 heterocycles. The predicted molar refractivity (Wildman–Crippen MR) is 126 cm³/mol. The Labute approximate surface area is 197 Å². The van der Waals surface area contributed by atoms with Crippen LogP contribution >= 0.6 is 0 Å². The lowest BCUT2D eigenvalue weighted by Crippen LogP contribution is -2.27. The van der Waals surface area contributed by atoms with Crippen LogP contribution in [0.3, 0.4) is 0 Å². The summed E-state index contributed by atoms with van der Waals surface area (Å²) in [6.07, 6.45) is 0.0433. The van der Waals surface area contributed by atoms with Crippen LogP contribution in [0.2, 0.25) is 0 Å². The fourth-order valence-electron chi connectivity index (χ4n) is 3.67. The number of benzene rings is 3. The van der Waals surface area contributed by atoms with Gasteiger partial charge in [0.15, 0.2) is 12.4 Å². The fourth-order valence-corrected chi connectivity index (χ4v) is 3.67. The fraction of sp³-hybridized carbons (Fsp3) is 0.222. The smallest absolute Gasteiger partial charge is 0.311 e. The van der Waals surface area contributed by atoms with Crippen molar-refractivity contribution >= 4 is 23.3 Å². The molecule has 1 saturated heterocycles. The molecule has 3 aromatic carbocycles. The third kappa shape index (κ3) is 5.43. The van der Waals surface area contributed by atoms with Crippen LogP contribution in [0, 0.1) is 12.8 Å². The lowest BCUT2D eigenvalue weighted by atomic mass is 10.1. The number of esters is 1. The molecule has 1 fully saturated rings. The van der Waals surface area contributed by atoms with Crippen molar-refractivity contribution in [1.29, 1.82) is 0 Å². The van der Waals surface area contributed by atoms with Crippen molar-refractivity contribution in [3.8, 4) is 17.2 Å². The van der Waals surface area contributed by atoms with E-state index in [2.05, 4.69) is 0 Å². The topological polar surface area (TPSA) is 82.1 Å². The minimum Gasteiger partial charge on any atom is -0.497 e. The maximum Gasteiger partial charge on any atom is 0.311 e. The van der Waals surface area contributed by atoms with Crippen LogP contribution in [0.4, 0.5) is 5.69 Å². The molecule has 1 amide bonds. The number of amides is 1. The van der Waals surface area contributed by atoms with E-state index in [1.807, 2.05) is 19.1 Å². The molecule has 1 atom stereocenters. The second kappa shape index (κ2) is 10.2. The second-order valence-electron chi connectivity index (χ2n) is 8.07. The van der Waals surface area contributed by atoms with Gasteiger partial charge in [-0.2, -0.15) is 0 Å². The van der Waals surface area contributed by atoms with Gasteiger partial charge in [-0.25, -0.2) is 0 Å². The van der Waals surface area contributed by atoms with E-state index in [1.165, 1.54) is 0 Å². The van der Waals surface area contributed by atoms with Gasteiger partial charge in [-0.3, -0.25) is 14.4 Å². The molecule has 1 aliphatic rings. The lowest BCUT2D eigenvalue weighted by molar-refractivity contribution is -0.147. The van der Waals surface area contributed by atoms with Crippen LogP contribution < -0.4 is 14.4 Å². The summed E-state index contributed by atoms with van der Waals surface area (Å²) in [5.74, 6) is 0.407. The number of ether oxygens (including phenoxy) is 3. The molecule has 34 heavy (non-hydrogen) atoms. The number of rotatable bonds is 8. The first kappa shape index (κ1) is 23.0. The lowest BCUT2D eigenvalue weighted by Gasteiger charge is -2.17.